The first-order valence-corrected chi connectivity index (χ1v) is 6.57. The zero-order valence-corrected chi connectivity index (χ0v) is 11.2. The Labute approximate surface area is 106 Å². The van der Waals surface area contributed by atoms with Gasteiger partial charge in [-0.05, 0) is 22.0 Å². The quantitative estimate of drug-likeness (QED) is 0.813. The molecule has 0 saturated carbocycles. The third-order valence-corrected chi connectivity index (χ3v) is 3.89. The number of thiophene rings is 1. The van der Waals surface area contributed by atoms with Gasteiger partial charge in [-0.3, -0.25) is 4.79 Å². The van der Waals surface area contributed by atoms with E-state index in [1.807, 2.05) is 29.3 Å². The maximum absolute atomic E-state index is 11.8. The Kier molecular flexibility index (Phi) is 3.56. The zero-order valence-electron chi connectivity index (χ0n) is 8.81. The number of Topliss-reactive ketones (excluding diaryl/α,β-unsaturated/α-hetero) is 1. The summed E-state index contributed by atoms with van der Waals surface area (Å²) in [7, 11) is 1.94. The minimum atomic E-state index is 0.171. The number of ketones is 1. The van der Waals surface area contributed by atoms with Gasteiger partial charge in [0, 0.05) is 43.2 Å². The van der Waals surface area contributed by atoms with E-state index >= 15 is 0 Å². The Morgan fingerprint density at radius 3 is 3.00 bits per heavy atom. The minimum Gasteiger partial charge on any atom is -0.338 e. The molecule has 0 saturated heterocycles. The van der Waals surface area contributed by atoms with Gasteiger partial charge in [-0.15, -0.1) is 11.3 Å². The summed E-state index contributed by atoms with van der Waals surface area (Å²) in [6, 6.07) is 1.87. The van der Waals surface area contributed by atoms with Crippen molar-refractivity contribution in [1.29, 1.82) is 0 Å². The van der Waals surface area contributed by atoms with E-state index in [9.17, 15) is 4.79 Å². The van der Waals surface area contributed by atoms with Crippen LogP contribution in [0.2, 0.25) is 0 Å². The van der Waals surface area contributed by atoms with Gasteiger partial charge in [0.2, 0.25) is 0 Å². The fraction of sp³-hybridized carbons (Fsp3) is 0.273. The molecule has 0 aliphatic heterocycles. The second-order valence-corrected chi connectivity index (χ2v) is 5.81. The van der Waals surface area contributed by atoms with Crippen molar-refractivity contribution < 1.29 is 4.79 Å². The molecule has 2 aromatic rings. The Bertz CT molecular complexity index is 504. The molecule has 2 heterocycles. The standard InChI is InChI=1S/C11H11BrN2OS/c1-14-5-4-13-11(14)3-2-9(15)8-6-10(12)16-7-8/h4-7H,2-3H2,1H3. The molecule has 0 amide bonds. The average Bonchev–Trinajstić information content (AvgIpc) is 2.84. The third kappa shape index (κ3) is 2.59. The highest BCUT2D eigenvalue weighted by molar-refractivity contribution is 9.11. The Morgan fingerprint density at radius 2 is 2.44 bits per heavy atom. The van der Waals surface area contributed by atoms with Crippen molar-refractivity contribution in [3.63, 3.8) is 0 Å². The predicted molar refractivity (Wildman–Crippen MR) is 67.9 cm³/mol. The number of aromatic nitrogens is 2. The van der Waals surface area contributed by atoms with E-state index in [-0.39, 0.29) is 5.78 Å². The number of halogens is 1. The first-order chi connectivity index (χ1) is 7.66. The minimum absolute atomic E-state index is 0.171. The van der Waals surface area contributed by atoms with Gasteiger partial charge in [-0.1, -0.05) is 0 Å². The Morgan fingerprint density at radius 1 is 1.62 bits per heavy atom. The summed E-state index contributed by atoms with van der Waals surface area (Å²) < 4.78 is 2.93. The lowest BCUT2D eigenvalue weighted by Crippen LogP contribution is -2.03. The van der Waals surface area contributed by atoms with Gasteiger partial charge >= 0.3 is 0 Å². The number of hydrogen-bond donors (Lipinski definition) is 0. The molecular formula is C11H11BrN2OS. The number of aryl methyl sites for hydroxylation is 2. The van der Waals surface area contributed by atoms with Crippen molar-refractivity contribution >= 4 is 33.0 Å². The number of rotatable bonds is 4. The van der Waals surface area contributed by atoms with Crippen LogP contribution in [0.3, 0.4) is 0 Å². The van der Waals surface area contributed by atoms with Crippen LogP contribution in [-0.2, 0) is 13.5 Å². The molecule has 0 atom stereocenters. The summed E-state index contributed by atoms with van der Waals surface area (Å²) in [6.07, 6.45) is 4.84. The van der Waals surface area contributed by atoms with Crippen molar-refractivity contribution in [2.75, 3.05) is 0 Å². The van der Waals surface area contributed by atoms with Crippen molar-refractivity contribution in [3.8, 4) is 0 Å². The molecule has 5 heteroatoms. The summed E-state index contributed by atoms with van der Waals surface area (Å²) in [5.74, 6) is 1.12. The predicted octanol–water partition coefficient (Wildman–Crippen LogP) is 3.06. The monoisotopic (exact) mass is 298 g/mol. The maximum atomic E-state index is 11.8. The smallest absolute Gasteiger partial charge is 0.164 e. The molecule has 0 fully saturated rings. The second kappa shape index (κ2) is 4.93. The first kappa shape index (κ1) is 11.5. The molecule has 2 rings (SSSR count). The second-order valence-electron chi connectivity index (χ2n) is 3.52. The Balaban J connectivity index is 1.96. The van der Waals surface area contributed by atoms with E-state index in [0.717, 1.165) is 15.2 Å². The van der Waals surface area contributed by atoms with Crippen LogP contribution in [0.1, 0.15) is 22.6 Å². The van der Waals surface area contributed by atoms with E-state index in [4.69, 9.17) is 0 Å². The lowest BCUT2D eigenvalue weighted by molar-refractivity contribution is 0.0982. The lowest BCUT2D eigenvalue weighted by Gasteiger charge is -2.00. The van der Waals surface area contributed by atoms with Gasteiger partial charge in [-0.2, -0.15) is 0 Å². The third-order valence-electron chi connectivity index (χ3n) is 2.39. The van der Waals surface area contributed by atoms with Crippen LogP contribution < -0.4 is 0 Å². The molecule has 0 spiro atoms. The molecule has 0 N–H and O–H groups in total. The summed E-state index contributed by atoms with van der Waals surface area (Å²) >= 11 is 4.89. The molecular weight excluding hydrogens is 288 g/mol. The fourth-order valence-corrected chi connectivity index (χ4v) is 2.62. The summed E-state index contributed by atoms with van der Waals surface area (Å²) in [5, 5.41) is 1.88. The number of hydrogen-bond acceptors (Lipinski definition) is 3. The van der Waals surface area contributed by atoms with E-state index in [0.29, 0.717) is 12.8 Å². The van der Waals surface area contributed by atoms with E-state index < -0.39 is 0 Å². The maximum Gasteiger partial charge on any atom is 0.164 e. The van der Waals surface area contributed by atoms with Gasteiger partial charge in [0.05, 0.1) is 3.79 Å². The molecule has 16 heavy (non-hydrogen) atoms. The number of carbonyl (C=O) groups is 1. The van der Waals surface area contributed by atoms with Crippen LogP contribution in [0, 0.1) is 0 Å². The molecule has 84 valence electrons. The van der Waals surface area contributed by atoms with Crippen molar-refractivity contribution in [1.82, 2.24) is 9.55 Å². The Hall–Kier alpha value is -0.940. The average molecular weight is 299 g/mol. The molecule has 0 radical (unpaired) electrons. The zero-order chi connectivity index (χ0) is 11.5. The largest absolute Gasteiger partial charge is 0.338 e. The van der Waals surface area contributed by atoms with Crippen LogP contribution in [0.5, 0.6) is 0 Å². The lowest BCUT2D eigenvalue weighted by atomic mass is 10.1. The molecule has 0 aromatic carbocycles. The van der Waals surface area contributed by atoms with E-state index in [1.54, 1.807) is 6.20 Å². The molecule has 2 aromatic heterocycles. The molecule has 0 aliphatic rings. The SMILES string of the molecule is Cn1ccnc1CCC(=O)c1csc(Br)c1. The normalized spacial score (nSPS) is 10.6. The van der Waals surface area contributed by atoms with Crippen LogP contribution in [0.25, 0.3) is 0 Å². The van der Waals surface area contributed by atoms with Crippen LogP contribution in [0.15, 0.2) is 27.6 Å². The van der Waals surface area contributed by atoms with E-state index in [1.165, 1.54) is 11.3 Å². The van der Waals surface area contributed by atoms with Crippen LogP contribution in [-0.4, -0.2) is 15.3 Å². The number of imidazole rings is 1. The summed E-state index contributed by atoms with van der Waals surface area (Å²) in [6.45, 7) is 0. The van der Waals surface area contributed by atoms with Crippen molar-refractivity contribution in [2.45, 2.75) is 12.8 Å². The topological polar surface area (TPSA) is 34.9 Å². The van der Waals surface area contributed by atoms with Gasteiger partial charge in [-0.25, -0.2) is 4.98 Å². The highest BCUT2D eigenvalue weighted by Gasteiger charge is 2.09. The summed E-state index contributed by atoms with van der Waals surface area (Å²) in [4.78, 5) is 16.0. The molecule has 0 aliphatic carbocycles. The number of nitrogens with zero attached hydrogens (tertiary/aromatic N) is 2. The van der Waals surface area contributed by atoms with Crippen molar-refractivity contribution in [2.24, 2.45) is 7.05 Å². The van der Waals surface area contributed by atoms with Gasteiger partial charge in [0.15, 0.2) is 5.78 Å². The first-order valence-electron chi connectivity index (χ1n) is 4.90. The van der Waals surface area contributed by atoms with Gasteiger partial charge in [0.1, 0.15) is 5.82 Å². The van der Waals surface area contributed by atoms with Crippen molar-refractivity contribution in [3.05, 3.63) is 39.0 Å². The highest BCUT2D eigenvalue weighted by Crippen LogP contribution is 2.21. The van der Waals surface area contributed by atoms with Crippen LogP contribution in [0.4, 0.5) is 0 Å². The molecule has 3 nitrogen and oxygen atoms in total. The molecule has 0 unspecified atom stereocenters. The highest BCUT2D eigenvalue weighted by atomic mass is 79.9. The van der Waals surface area contributed by atoms with Gasteiger partial charge < -0.3 is 4.57 Å². The summed E-state index contributed by atoms with van der Waals surface area (Å²) in [5.41, 5.74) is 0.783. The number of carbonyl (C=O) groups excluding carboxylic acids is 1. The van der Waals surface area contributed by atoms with E-state index in [2.05, 4.69) is 20.9 Å². The van der Waals surface area contributed by atoms with Gasteiger partial charge in [0.25, 0.3) is 0 Å². The fourth-order valence-electron chi connectivity index (χ4n) is 1.46. The molecule has 0 bridgehead atoms. The van der Waals surface area contributed by atoms with Crippen LogP contribution >= 0.6 is 27.3 Å².